The van der Waals surface area contributed by atoms with Gasteiger partial charge >= 0.3 is 0 Å². The fraction of sp³-hybridized carbons (Fsp3) is 0.0526. The summed E-state index contributed by atoms with van der Waals surface area (Å²) in [6, 6.07) is 11.6. The second kappa shape index (κ2) is 7.87. The number of hydrogen-bond donors (Lipinski definition) is 2. The van der Waals surface area contributed by atoms with Gasteiger partial charge in [0.15, 0.2) is 11.4 Å². The standard InChI is InChI=1S/C19H14F2IN3O2/c1-10-14(23)3-2-4-17(10)27-18-8-11(20)7-16(19(18)25-26)24-15-6-5-12(22)9-13(15)21/h2-9,24H,23H2,1H3. The van der Waals surface area contributed by atoms with Gasteiger partial charge in [-0.25, -0.2) is 8.78 Å². The summed E-state index contributed by atoms with van der Waals surface area (Å²) in [5.74, 6) is -0.964. The zero-order chi connectivity index (χ0) is 19.6. The first-order valence-electron chi connectivity index (χ1n) is 7.81. The zero-order valence-electron chi connectivity index (χ0n) is 14.1. The van der Waals surface area contributed by atoms with Crippen molar-refractivity contribution >= 4 is 45.3 Å². The molecular formula is C19H14F2IN3O2. The van der Waals surface area contributed by atoms with Gasteiger partial charge in [-0.1, -0.05) is 6.07 Å². The minimum Gasteiger partial charge on any atom is -0.454 e. The summed E-state index contributed by atoms with van der Waals surface area (Å²) in [7, 11) is 0. The third kappa shape index (κ3) is 4.16. The average Bonchev–Trinajstić information content (AvgIpc) is 2.61. The predicted octanol–water partition coefficient (Wildman–Crippen LogP) is 6.39. The Kier molecular flexibility index (Phi) is 5.54. The summed E-state index contributed by atoms with van der Waals surface area (Å²) in [4.78, 5) is 11.4. The van der Waals surface area contributed by atoms with Crippen LogP contribution < -0.4 is 15.8 Å². The molecule has 3 aromatic rings. The molecule has 0 aliphatic rings. The van der Waals surface area contributed by atoms with E-state index in [4.69, 9.17) is 10.5 Å². The van der Waals surface area contributed by atoms with Crippen molar-refractivity contribution in [3.05, 3.63) is 74.2 Å². The van der Waals surface area contributed by atoms with Crippen LogP contribution >= 0.6 is 22.6 Å². The Bertz CT molecular complexity index is 1030. The summed E-state index contributed by atoms with van der Waals surface area (Å²) < 4.78 is 34.6. The first-order valence-corrected chi connectivity index (χ1v) is 8.89. The first-order chi connectivity index (χ1) is 12.9. The van der Waals surface area contributed by atoms with Crippen molar-refractivity contribution < 1.29 is 13.5 Å². The van der Waals surface area contributed by atoms with Crippen LogP contribution in [0.15, 0.2) is 53.7 Å². The van der Waals surface area contributed by atoms with Gasteiger partial charge in [-0.3, -0.25) is 0 Å². The molecule has 3 aromatic carbocycles. The topological polar surface area (TPSA) is 76.7 Å². The second-order valence-electron chi connectivity index (χ2n) is 5.71. The van der Waals surface area contributed by atoms with Gasteiger partial charge in [-0.15, -0.1) is 4.91 Å². The summed E-state index contributed by atoms with van der Waals surface area (Å²) in [6.07, 6.45) is 0. The molecule has 0 saturated carbocycles. The van der Waals surface area contributed by atoms with E-state index in [1.165, 1.54) is 12.1 Å². The molecule has 138 valence electrons. The molecule has 0 fully saturated rings. The van der Waals surface area contributed by atoms with Crippen LogP contribution in [0.3, 0.4) is 0 Å². The molecular weight excluding hydrogens is 467 g/mol. The summed E-state index contributed by atoms with van der Waals surface area (Å²) in [5, 5.41) is 5.64. The van der Waals surface area contributed by atoms with E-state index in [9.17, 15) is 13.7 Å². The number of nitrogens with one attached hydrogen (secondary N) is 1. The van der Waals surface area contributed by atoms with Gasteiger partial charge in [0.05, 0.1) is 11.4 Å². The Morgan fingerprint density at radius 1 is 1.07 bits per heavy atom. The molecule has 0 amide bonds. The van der Waals surface area contributed by atoms with E-state index in [2.05, 4.69) is 10.5 Å². The highest BCUT2D eigenvalue weighted by atomic mass is 127. The molecule has 0 unspecified atom stereocenters. The number of nitroso groups, excluding NO2 is 1. The number of nitrogens with zero attached hydrogens (tertiary/aromatic N) is 1. The molecule has 27 heavy (non-hydrogen) atoms. The summed E-state index contributed by atoms with van der Waals surface area (Å²) in [6.45, 7) is 1.73. The SMILES string of the molecule is Cc1c(N)cccc1Oc1cc(F)cc(Nc2ccc(I)cc2F)c1N=O. The normalized spacial score (nSPS) is 10.5. The highest BCUT2D eigenvalue weighted by Gasteiger charge is 2.17. The lowest BCUT2D eigenvalue weighted by molar-refractivity contribution is 0.475. The van der Waals surface area contributed by atoms with Crippen LogP contribution in [0, 0.1) is 27.0 Å². The Hall–Kier alpha value is -2.75. The maximum absolute atomic E-state index is 14.1. The van der Waals surface area contributed by atoms with Gasteiger partial charge < -0.3 is 15.8 Å². The van der Waals surface area contributed by atoms with Gasteiger partial charge in [0.25, 0.3) is 0 Å². The first kappa shape index (κ1) is 19.0. The van der Waals surface area contributed by atoms with Crippen molar-refractivity contribution in [3.8, 4) is 11.5 Å². The Morgan fingerprint density at radius 3 is 2.56 bits per heavy atom. The van der Waals surface area contributed by atoms with Crippen molar-refractivity contribution in [2.45, 2.75) is 6.92 Å². The van der Waals surface area contributed by atoms with Crippen molar-refractivity contribution in [1.29, 1.82) is 0 Å². The Morgan fingerprint density at radius 2 is 1.85 bits per heavy atom. The van der Waals surface area contributed by atoms with Crippen molar-refractivity contribution in [3.63, 3.8) is 0 Å². The molecule has 0 radical (unpaired) electrons. The molecule has 0 aliphatic heterocycles. The lowest BCUT2D eigenvalue weighted by Gasteiger charge is -2.15. The van der Waals surface area contributed by atoms with Gasteiger partial charge in [0, 0.05) is 20.9 Å². The largest absolute Gasteiger partial charge is 0.454 e. The summed E-state index contributed by atoms with van der Waals surface area (Å²) >= 11 is 1.97. The van der Waals surface area contributed by atoms with Gasteiger partial charge in [-0.05, 0) is 71.1 Å². The van der Waals surface area contributed by atoms with Crippen molar-refractivity contribution in [1.82, 2.24) is 0 Å². The molecule has 5 nitrogen and oxygen atoms in total. The summed E-state index contributed by atoms with van der Waals surface area (Å²) in [5.41, 5.74) is 6.85. The van der Waals surface area contributed by atoms with Gasteiger partial charge in [-0.2, -0.15) is 0 Å². The quantitative estimate of drug-likeness (QED) is 0.252. The van der Waals surface area contributed by atoms with E-state index >= 15 is 0 Å². The van der Waals surface area contributed by atoms with E-state index in [0.29, 0.717) is 20.6 Å². The molecule has 0 saturated heterocycles. The maximum Gasteiger partial charge on any atom is 0.174 e. The molecule has 0 aromatic heterocycles. The van der Waals surface area contributed by atoms with Crippen LogP contribution in [0.25, 0.3) is 0 Å². The number of halogens is 3. The molecule has 0 heterocycles. The molecule has 3 rings (SSSR count). The molecule has 0 aliphatic carbocycles. The van der Waals surface area contributed by atoms with E-state index < -0.39 is 11.6 Å². The van der Waals surface area contributed by atoms with Crippen molar-refractivity contribution in [2.24, 2.45) is 5.18 Å². The number of rotatable bonds is 5. The van der Waals surface area contributed by atoms with Crippen LogP contribution in [-0.4, -0.2) is 0 Å². The number of hydrogen-bond acceptors (Lipinski definition) is 5. The number of nitrogen functional groups attached to an aromatic ring is 1. The Labute approximate surface area is 167 Å². The minimum atomic E-state index is -0.674. The fourth-order valence-electron chi connectivity index (χ4n) is 2.44. The van der Waals surface area contributed by atoms with Crippen molar-refractivity contribution in [2.75, 3.05) is 11.1 Å². The van der Waals surface area contributed by atoms with Crippen LogP contribution in [0.1, 0.15) is 5.56 Å². The second-order valence-corrected chi connectivity index (χ2v) is 6.96. The van der Waals surface area contributed by atoms with E-state index in [-0.39, 0.29) is 22.8 Å². The van der Waals surface area contributed by atoms with Crippen LogP contribution in [-0.2, 0) is 0 Å². The van der Waals surface area contributed by atoms with Gasteiger partial charge in [0.2, 0.25) is 0 Å². The Balaban J connectivity index is 2.03. The predicted molar refractivity (Wildman–Crippen MR) is 110 cm³/mol. The average molecular weight is 481 g/mol. The molecule has 8 heteroatoms. The number of benzene rings is 3. The minimum absolute atomic E-state index is 0.0123. The van der Waals surface area contributed by atoms with Crippen LogP contribution in [0.4, 0.5) is 31.5 Å². The number of anilines is 3. The lowest BCUT2D eigenvalue weighted by atomic mass is 10.2. The maximum atomic E-state index is 14.1. The van der Waals surface area contributed by atoms with E-state index in [1.807, 2.05) is 22.6 Å². The monoisotopic (exact) mass is 481 g/mol. The van der Waals surface area contributed by atoms with Gasteiger partial charge in [0.1, 0.15) is 17.4 Å². The lowest BCUT2D eigenvalue weighted by Crippen LogP contribution is -1.98. The number of ether oxygens (including phenoxy) is 1. The highest BCUT2D eigenvalue weighted by Crippen LogP contribution is 2.41. The molecule has 0 atom stereocenters. The molecule has 3 N–H and O–H groups in total. The van der Waals surface area contributed by atoms with Crippen LogP contribution in [0.2, 0.25) is 0 Å². The van der Waals surface area contributed by atoms with E-state index in [1.54, 1.807) is 31.2 Å². The smallest absolute Gasteiger partial charge is 0.174 e. The zero-order valence-corrected chi connectivity index (χ0v) is 16.3. The third-order valence-electron chi connectivity index (χ3n) is 3.88. The number of nitrogens with two attached hydrogens (primary N) is 1. The highest BCUT2D eigenvalue weighted by molar-refractivity contribution is 14.1. The molecule has 0 bridgehead atoms. The van der Waals surface area contributed by atoms with E-state index in [0.717, 1.165) is 12.1 Å². The fourth-order valence-corrected chi connectivity index (χ4v) is 2.89. The molecule has 0 spiro atoms. The third-order valence-corrected chi connectivity index (χ3v) is 4.55. The van der Waals surface area contributed by atoms with Crippen LogP contribution in [0.5, 0.6) is 11.5 Å².